The molecule has 1 N–H and O–H groups in total. The van der Waals surface area contributed by atoms with E-state index in [0.717, 1.165) is 0 Å². The summed E-state index contributed by atoms with van der Waals surface area (Å²) in [5, 5.41) is 7.10. The summed E-state index contributed by atoms with van der Waals surface area (Å²) in [7, 11) is 0. The van der Waals surface area contributed by atoms with E-state index in [1.54, 1.807) is 0 Å². The Morgan fingerprint density at radius 2 is 2.14 bits per heavy atom. The van der Waals surface area contributed by atoms with Crippen molar-refractivity contribution in [3.8, 4) is 0 Å². The van der Waals surface area contributed by atoms with Crippen LogP contribution in [0.3, 0.4) is 0 Å². The Labute approximate surface area is 70.6 Å². The molecule has 0 spiro atoms. The Balaban J connectivity index is -0.000000125. The fourth-order valence-corrected chi connectivity index (χ4v) is 0. The molecule has 0 aliphatic rings. The van der Waals surface area contributed by atoms with E-state index in [1.807, 2.05) is 0 Å². The second-order valence-electron chi connectivity index (χ2n) is 0.954. The SMILES string of the molecule is C[C@H](Cl)C(=O)O.[H-].[Na+]. The molecular weight excluding hydrogens is 126 g/mol. The molecular formula is C3H6ClNaO2. The van der Waals surface area contributed by atoms with E-state index in [-0.39, 0.29) is 31.0 Å². The zero-order valence-electron chi connectivity index (χ0n) is 5.31. The summed E-state index contributed by atoms with van der Waals surface area (Å²) < 4.78 is 0. The van der Waals surface area contributed by atoms with E-state index >= 15 is 0 Å². The number of aliphatic carboxylic acids is 1. The summed E-state index contributed by atoms with van der Waals surface area (Å²) in [6.07, 6.45) is 0. The number of halogens is 1. The summed E-state index contributed by atoms with van der Waals surface area (Å²) in [4.78, 5) is 9.57. The van der Waals surface area contributed by atoms with E-state index in [0.29, 0.717) is 0 Å². The van der Waals surface area contributed by atoms with E-state index in [9.17, 15) is 4.79 Å². The average Bonchev–Trinajstić information content (AvgIpc) is 1.36. The molecule has 0 aromatic rings. The maximum absolute atomic E-state index is 9.57. The summed E-state index contributed by atoms with van der Waals surface area (Å²) in [5.41, 5.74) is 0. The molecule has 0 aromatic carbocycles. The van der Waals surface area contributed by atoms with Gasteiger partial charge in [0.05, 0.1) is 0 Å². The summed E-state index contributed by atoms with van der Waals surface area (Å²) in [6.45, 7) is 1.41. The van der Waals surface area contributed by atoms with Crippen molar-refractivity contribution in [2.24, 2.45) is 0 Å². The first-order valence-electron chi connectivity index (χ1n) is 1.51. The number of carbonyl (C=O) groups is 1. The zero-order valence-corrected chi connectivity index (χ0v) is 7.07. The van der Waals surface area contributed by atoms with E-state index in [2.05, 4.69) is 0 Å². The fraction of sp³-hybridized carbons (Fsp3) is 0.667. The van der Waals surface area contributed by atoms with Crippen LogP contribution < -0.4 is 29.6 Å². The molecule has 0 heterocycles. The van der Waals surface area contributed by atoms with Gasteiger partial charge in [-0.3, -0.25) is 4.79 Å². The zero-order chi connectivity index (χ0) is 5.15. The minimum absolute atomic E-state index is 0. The first kappa shape index (κ1) is 10.7. The molecule has 4 heteroatoms. The summed E-state index contributed by atoms with van der Waals surface area (Å²) in [6, 6.07) is 0. The molecule has 0 aliphatic carbocycles. The maximum atomic E-state index is 9.57. The molecule has 0 bridgehead atoms. The van der Waals surface area contributed by atoms with Crippen LogP contribution in [0.1, 0.15) is 8.35 Å². The second-order valence-corrected chi connectivity index (χ2v) is 1.61. The molecule has 38 valence electrons. The molecule has 2 nitrogen and oxygen atoms in total. The van der Waals surface area contributed by atoms with Crippen molar-refractivity contribution in [2.75, 3.05) is 0 Å². The standard InChI is InChI=1S/C3H5ClO2.Na.H/c1-2(4)3(5)6;;/h2H,1H3,(H,5,6);;/q;+1;-1/t2-;;/m0../s1. The van der Waals surface area contributed by atoms with Crippen LogP contribution in [0.5, 0.6) is 0 Å². The summed E-state index contributed by atoms with van der Waals surface area (Å²) >= 11 is 5.01. The van der Waals surface area contributed by atoms with Crippen molar-refractivity contribution in [3.05, 3.63) is 0 Å². The predicted molar refractivity (Wildman–Crippen MR) is 24.1 cm³/mol. The molecule has 0 aliphatic heterocycles. The van der Waals surface area contributed by atoms with Gasteiger partial charge in [-0.05, 0) is 6.92 Å². The summed E-state index contributed by atoms with van der Waals surface area (Å²) in [5.74, 6) is -0.975. The Kier molecular flexibility index (Phi) is 7.49. The molecule has 0 unspecified atom stereocenters. The van der Waals surface area contributed by atoms with Gasteiger partial charge < -0.3 is 6.53 Å². The molecule has 0 radical (unpaired) electrons. The van der Waals surface area contributed by atoms with Gasteiger partial charge in [-0.15, -0.1) is 11.6 Å². The van der Waals surface area contributed by atoms with Gasteiger partial charge >= 0.3 is 35.5 Å². The molecule has 1 atom stereocenters. The van der Waals surface area contributed by atoms with Gasteiger partial charge in [0.25, 0.3) is 0 Å². The minimum Gasteiger partial charge on any atom is -1.00 e. The average molecular weight is 133 g/mol. The smallest absolute Gasteiger partial charge is 1.00 e. The fourth-order valence-electron chi connectivity index (χ4n) is 0. The number of hydrogen-bond donors (Lipinski definition) is 1. The quantitative estimate of drug-likeness (QED) is 0.325. The van der Waals surface area contributed by atoms with Crippen LogP contribution in [0, 0.1) is 0 Å². The third kappa shape index (κ3) is 6.76. The molecule has 0 saturated heterocycles. The van der Waals surface area contributed by atoms with Gasteiger partial charge in [0.15, 0.2) is 0 Å². The Bertz CT molecular complexity index is 68.3. The second kappa shape index (κ2) is 4.91. The Morgan fingerprint density at radius 1 is 2.00 bits per heavy atom. The molecule has 0 aromatic heterocycles. The van der Waals surface area contributed by atoms with Crippen LogP contribution >= 0.6 is 11.6 Å². The third-order valence-corrected chi connectivity index (χ3v) is 0.527. The minimum atomic E-state index is -0.975. The van der Waals surface area contributed by atoms with Crippen molar-refractivity contribution in [2.45, 2.75) is 12.3 Å². The predicted octanol–water partition coefficient (Wildman–Crippen LogP) is -2.19. The van der Waals surface area contributed by atoms with Gasteiger partial charge in [-0.2, -0.15) is 0 Å². The van der Waals surface area contributed by atoms with Gasteiger partial charge in [0.2, 0.25) is 0 Å². The molecule has 0 amide bonds. The topological polar surface area (TPSA) is 37.3 Å². The van der Waals surface area contributed by atoms with Crippen molar-refractivity contribution >= 4 is 17.6 Å². The number of rotatable bonds is 1. The van der Waals surface area contributed by atoms with Crippen LogP contribution in [0.4, 0.5) is 0 Å². The van der Waals surface area contributed by atoms with E-state index in [4.69, 9.17) is 16.7 Å². The first-order valence-corrected chi connectivity index (χ1v) is 1.95. The van der Waals surface area contributed by atoms with Gasteiger partial charge in [0.1, 0.15) is 5.38 Å². The molecule has 0 saturated carbocycles. The first-order chi connectivity index (χ1) is 2.64. The van der Waals surface area contributed by atoms with Crippen molar-refractivity contribution in [3.63, 3.8) is 0 Å². The van der Waals surface area contributed by atoms with Gasteiger partial charge in [-0.1, -0.05) is 0 Å². The molecule has 0 fully saturated rings. The third-order valence-electron chi connectivity index (χ3n) is 0.340. The number of carboxylic acid groups (broad SMARTS) is 1. The van der Waals surface area contributed by atoms with Crippen LogP contribution in [0.2, 0.25) is 0 Å². The molecule has 0 rings (SSSR count). The number of alkyl halides is 1. The maximum Gasteiger partial charge on any atom is 1.00 e. The monoisotopic (exact) mass is 132 g/mol. The normalized spacial score (nSPS) is 11.7. The van der Waals surface area contributed by atoms with Crippen LogP contribution in [0.25, 0.3) is 0 Å². The number of carboxylic acids is 1. The largest absolute Gasteiger partial charge is 1.00 e. The van der Waals surface area contributed by atoms with Gasteiger partial charge in [0, 0.05) is 0 Å². The van der Waals surface area contributed by atoms with Gasteiger partial charge in [-0.25, -0.2) is 0 Å². The van der Waals surface area contributed by atoms with Crippen LogP contribution in [0.15, 0.2) is 0 Å². The Hall–Kier alpha value is 0.760. The van der Waals surface area contributed by atoms with Crippen molar-refractivity contribution in [1.29, 1.82) is 0 Å². The van der Waals surface area contributed by atoms with Crippen LogP contribution in [-0.2, 0) is 4.79 Å². The molecule has 7 heavy (non-hydrogen) atoms. The van der Waals surface area contributed by atoms with Crippen molar-refractivity contribution in [1.82, 2.24) is 0 Å². The number of hydrogen-bond acceptors (Lipinski definition) is 1. The van der Waals surface area contributed by atoms with E-state index < -0.39 is 11.3 Å². The van der Waals surface area contributed by atoms with E-state index in [1.165, 1.54) is 6.92 Å². The van der Waals surface area contributed by atoms with Crippen molar-refractivity contribution < 1.29 is 40.9 Å². The Morgan fingerprint density at radius 3 is 2.14 bits per heavy atom. The van der Waals surface area contributed by atoms with Crippen LogP contribution in [-0.4, -0.2) is 16.5 Å².